The summed E-state index contributed by atoms with van der Waals surface area (Å²) in [4.78, 5) is 20.4. The lowest BCUT2D eigenvalue weighted by Crippen LogP contribution is -2.27. The molecule has 0 heterocycles. The number of Topliss-reactive ketones (excluding diaryl/α,β-unsaturated/α-hetero) is 1. The van der Waals surface area contributed by atoms with E-state index < -0.39 is 6.09 Å². The largest absolute Gasteiger partial charge is 0.453 e. The van der Waals surface area contributed by atoms with Crippen molar-refractivity contribution >= 4 is 11.9 Å². The highest BCUT2D eigenvalue weighted by molar-refractivity contribution is 5.81. The maximum atomic E-state index is 10.2. The Morgan fingerprint density at radius 3 is 2.44 bits per heavy atom. The summed E-state index contributed by atoms with van der Waals surface area (Å²) in [5, 5.41) is 2.22. The second-order valence-electron chi connectivity index (χ2n) is 1.55. The summed E-state index contributed by atoms with van der Waals surface area (Å²) in [6.07, 6.45) is -0.579. The zero-order valence-corrected chi connectivity index (χ0v) is 5.43. The molecule has 0 saturated carbocycles. The van der Waals surface area contributed by atoms with Crippen molar-refractivity contribution in [2.75, 3.05) is 13.7 Å². The van der Waals surface area contributed by atoms with E-state index in [0.717, 1.165) is 0 Å². The molecule has 0 aliphatic carbocycles. The van der Waals surface area contributed by atoms with E-state index >= 15 is 0 Å². The molecule has 0 spiro atoms. The summed E-state index contributed by atoms with van der Waals surface area (Å²) in [7, 11) is 1.25. The molecule has 0 saturated heterocycles. The number of hydrogen-bond acceptors (Lipinski definition) is 3. The van der Waals surface area contributed by atoms with Crippen LogP contribution < -0.4 is 5.32 Å². The van der Waals surface area contributed by atoms with Crippen molar-refractivity contribution < 1.29 is 14.3 Å². The molecule has 1 N–H and O–H groups in total. The van der Waals surface area contributed by atoms with Gasteiger partial charge in [0.1, 0.15) is 5.78 Å². The fourth-order valence-electron chi connectivity index (χ4n) is 0.269. The van der Waals surface area contributed by atoms with Crippen LogP contribution in [-0.4, -0.2) is 25.5 Å². The van der Waals surface area contributed by atoms with Crippen LogP contribution in [0.1, 0.15) is 6.92 Å². The minimum atomic E-state index is -0.579. The van der Waals surface area contributed by atoms with Crippen LogP contribution in [0, 0.1) is 0 Å². The van der Waals surface area contributed by atoms with Crippen molar-refractivity contribution in [2.45, 2.75) is 6.92 Å². The highest BCUT2D eigenvalue weighted by atomic mass is 16.5. The van der Waals surface area contributed by atoms with Gasteiger partial charge in [-0.05, 0) is 6.92 Å². The first-order valence-electron chi connectivity index (χ1n) is 2.48. The fourth-order valence-corrected chi connectivity index (χ4v) is 0.269. The monoisotopic (exact) mass is 131 g/mol. The Balaban J connectivity index is 3.28. The van der Waals surface area contributed by atoms with Gasteiger partial charge in [0, 0.05) is 0 Å². The summed E-state index contributed by atoms with van der Waals surface area (Å²) in [6, 6.07) is 0. The molecular weight excluding hydrogens is 122 g/mol. The van der Waals surface area contributed by atoms with E-state index in [1.807, 2.05) is 0 Å². The lowest BCUT2D eigenvalue weighted by molar-refractivity contribution is -0.116. The van der Waals surface area contributed by atoms with E-state index in [2.05, 4.69) is 10.1 Å². The molecule has 0 aromatic rings. The molecule has 0 aliphatic heterocycles. The quantitative estimate of drug-likeness (QED) is 0.570. The Morgan fingerprint density at radius 2 is 2.11 bits per heavy atom. The van der Waals surface area contributed by atoms with E-state index in [9.17, 15) is 9.59 Å². The Labute approximate surface area is 53.2 Å². The Hall–Kier alpha value is -1.06. The normalized spacial score (nSPS) is 8.22. The number of carbonyl (C=O) groups is 2. The standard InChI is InChI=1S/C5H9NO3/c1-4(7)3-6-5(8)9-2/h3H2,1-2H3,(H,6,8). The topological polar surface area (TPSA) is 55.4 Å². The van der Waals surface area contributed by atoms with Gasteiger partial charge in [-0.3, -0.25) is 4.79 Å². The van der Waals surface area contributed by atoms with Crippen molar-refractivity contribution in [3.05, 3.63) is 0 Å². The van der Waals surface area contributed by atoms with E-state index in [-0.39, 0.29) is 12.3 Å². The average Bonchev–Trinajstić information content (AvgIpc) is 1.83. The molecule has 52 valence electrons. The molecule has 9 heavy (non-hydrogen) atoms. The highest BCUT2D eigenvalue weighted by Gasteiger charge is 1.97. The predicted octanol–water partition coefficient (Wildman–Crippen LogP) is -0.0686. The molecule has 0 aliphatic rings. The molecule has 4 nitrogen and oxygen atoms in total. The van der Waals surface area contributed by atoms with Crippen molar-refractivity contribution in [2.24, 2.45) is 0 Å². The maximum Gasteiger partial charge on any atom is 0.407 e. The SMILES string of the molecule is COC(=O)NCC(C)=O. The molecule has 0 radical (unpaired) electrons. The van der Waals surface area contributed by atoms with Crippen molar-refractivity contribution in [1.29, 1.82) is 0 Å². The van der Waals surface area contributed by atoms with Crippen LogP contribution in [0.2, 0.25) is 0 Å². The number of rotatable bonds is 2. The minimum absolute atomic E-state index is 0.0344. The number of carbonyl (C=O) groups excluding carboxylic acids is 2. The second kappa shape index (κ2) is 3.88. The molecule has 0 aromatic carbocycles. The third-order valence-electron chi connectivity index (χ3n) is 0.667. The second-order valence-corrected chi connectivity index (χ2v) is 1.55. The summed E-state index contributed by atoms with van der Waals surface area (Å²) in [5.74, 6) is -0.0969. The molecule has 0 bridgehead atoms. The third kappa shape index (κ3) is 4.80. The van der Waals surface area contributed by atoms with Gasteiger partial charge >= 0.3 is 6.09 Å². The van der Waals surface area contributed by atoms with Gasteiger partial charge in [0.05, 0.1) is 13.7 Å². The van der Waals surface area contributed by atoms with Gasteiger partial charge < -0.3 is 10.1 Å². The molecule has 0 unspecified atom stereocenters. The molecular formula is C5H9NO3. The fraction of sp³-hybridized carbons (Fsp3) is 0.600. The maximum absolute atomic E-state index is 10.2. The third-order valence-corrected chi connectivity index (χ3v) is 0.667. The molecule has 0 atom stereocenters. The zero-order valence-electron chi connectivity index (χ0n) is 5.43. The summed E-state index contributed by atoms with van der Waals surface area (Å²) in [6.45, 7) is 1.42. The van der Waals surface area contributed by atoms with Crippen molar-refractivity contribution in [1.82, 2.24) is 5.32 Å². The van der Waals surface area contributed by atoms with Crippen LogP contribution in [0.3, 0.4) is 0 Å². The molecule has 1 amide bonds. The first kappa shape index (κ1) is 7.94. The molecule has 4 heteroatoms. The van der Waals surface area contributed by atoms with Gasteiger partial charge in [-0.15, -0.1) is 0 Å². The van der Waals surface area contributed by atoms with Gasteiger partial charge in [0.2, 0.25) is 0 Å². The van der Waals surface area contributed by atoms with E-state index in [0.29, 0.717) is 0 Å². The van der Waals surface area contributed by atoms with Gasteiger partial charge in [-0.1, -0.05) is 0 Å². The lowest BCUT2D eigenvalue weighted by atomic mass is 10.4. The van der Waals surface area contributed by atoms with Gasteiger partial charge in [-0.2, -0.15) is 0 Å². The number of methoxy groups -OCH3 is 1. The van der Waals surface area contributed by atoms with Gasteiger partial charge in [0.15, 0.2) is 0 Å². The molecule has 0 aromatic heterocycles. The summed E-state index contributed by atoms with van der Waals surface area (Å²) >= 11 is 0. The average molecular weight is 131 g/mol. The lowest BCUT2D eigenvalue weighted by Gasteiger charge is -1.97. The molecule has 0 rings (SSSR count). The first-order valence-corrected chi connectivity index (χ1v) is 2.48. The van der Waals surface area contributed by atoms with Gasteiger partial charge in [-0.25, -0.2) is 4.79 Å². The van der Waals surface area contributed by atoms with Crippen molar-refractivity contribution in [3.8, 4) is 0 Å². The van der Waals surface area contributed by atoms with E-state index in [4.69, 9.17) is 0 Å². The Kier molecular flexibility index (Phi) is 3.43. The number of alkyl carbamates (subject to hydrolysis) is 1. The van der Waals surface area contributed by atoms with Crippen molar-refractivity contribution in [3.63, 3.8) is 0 Å². The van der Waals surface area contributed by atoms with Crippen LogP contribution in [0.5, 0.6) is 0 Å². The number of hydrogen-bond donors (Lipinski definition) is 1. The Bertz CT molecular complexity index is 121. The molecule has 0 fully saturated rings. The van der Waals surface area contributed by atoms with Crippen LogP contribution in [0.25, 0.3) is 0 Å². The van der Waals surface area contributed by atoms with E-state index in [1.165, 1.54) is 14.0 Å². The number of ether oxygens (including phenoxy) is 1. The highest BCUT2D eigenvalue weighted by Crippen LogP contribution is 1.70. The summed E-state index contributed by atoms with van der Waals surface area (Å²) in [5.41, 5.74) is 0. The van der Waals surface area contributed by atoms with Gasteiger partial charge in [0.25, 0.3) is 0 Å². The number of amides is 1. The van der Waals surface area contributed by atoms with E-state index in [1.54, 1.807) is 0 Å². The number of nitrogens with one attached hydrogen (secondary N) is 1. The zero-order chi connectivity index (χ0) is 7.28. The smallest absolute Gasteiger partial charge is 0.407 e. The van der Waals surface area contributed by atoms with Crippen LogP contribution in [0.15, 0.2) is 0 Å². The van der Waals surface area contributed by atoms with Crippen LogP contribution in [0.4, 0.5) is 4.79 Å². The minimum Gasteiger partial charge on any atom is -0.453 e. The summed E-state index contributed by atoms with van der Waals surface area (Å²) < 4.78 is 4.20. The van der Waals surface area contributed by atoms with Crippen LogP contribution in [-0.2, 0) is 9.53 Å². The predicted molar refractivity (Wildman–Crippen MR) is 31.1 cm³/mol. The number of ketones is 1. The first-order chi connectivity index (χ1) is 4.16. The van der Waals surface area contributed by atoms with Crippen LogP contribution >= 0.6 is 0 Å². The Morgan fingerprint density at radius 1 is 1.56 bits per heavy atom.